The quantitative estimate of drug-likeness (QED) is 0.216. The number of carbonyl (C=O) groups excluding carboxylic acids is 4. The molecule has 2 aromatic rings. The maximum Gasteiger partial charge on any atom is 0.431 e. The Morgan fingerprint density at radius 2 is 1.61 bits per heavy atom. The largest absolute Gasteiger partial charge is 0.463 e. The molecule has 2 aromatic carbocycles. The molecule has 2 amide bonds. The van der Waals surface area contributed by atoms with E-state index in [1.165, 1.54) is 31.2 Å². The van der Waals surface area contributed by atoms with E-state index in [9.17, 15) is 42.5 Å². The molecule has 0 aliphatic carbocycles. The molecule has 4 rings (SSSR count). The van der Waals surface area contributed by atoms with Crippen LogP contribution in [0.1, 0.15) is 46.0 Å². The molecule has 0 bridgehead atoms. The van der Waals surface area contributed by atoms with E-state index >= 15 is 0 Å². The highest BCUT2D eigenvalue weighted by molar-refractivity contribution is 6.21. The number of alkyl halides is 3. The molecule has 1 N–H and O–H groups in total. The van der Waals surface area contributed by atoms with Gasteiger partial charge in [-0.1, -0.05) is 24.3 Å². The van der Waals surface area contributed by atoms with E-state index in [0.29, 0.717) is 0 Å². The van der Waals surface area contributed by atoms with Crippen LogP contribution in [-0.4, -0.2) is 59.5 Å². The summed E-state index contributed by atoms with van der Waals surface area (Å²) < 4.78 is 52.5. The number of nitro benzene ring substituents is 1. The number of hydrogen-bond acceptors (Lipinski definition) is 9. The Kier molecular flexibility index (Phi) is 7.94. The fraction of sp³-hybridized carbons (Fsp3) is 0.259. The van der Waals surface area contributed by atoms with Crippen LogP contribution < -0.4 is 5.32 Å². The number of ether oxygens (including phenoxy) is 2. The van der Waals surface area contributed by atoms with Gasteiger partial charge in [0.1, 0.15) is 12.3 Å². The van der Waals surface area contributed by atoms with Crippen molar-refractivity contribution < 1.29 is 46.7 Å². The third kappa shape index (κ3) is 5.53. The van der Waals surface area contributed by atoms with Crippen LogP contribution in [0.15, 0.2) is 71.1 Å². The number of carbonyl (C=O) groups is 4. The topological polar surface area (TPSA) is 145 Å². The van der Waals surface area contributed by atoms with E-state index in [1.54, 1.807) is 12.1 Å². The molecule has 0 saturated heterocycles. The van der Waals surface area contributed by atoms with Crippen molar-refractivity contribution in [3.05, 3.63) is 97.9 Å². The van der Waals surface area contributed by atoms with Crippen LogP contribution in [0.4, 0.5) is 18.9 Å². The minimum atomic E-state index is -5.09. The lowest BCUT2D eigenvalue weighted by Crippen LogP contribution is -2.39. The number of fused-ring (bicyclic) bond motifs is 1. The molecule has 0 fully saturated rings. The normalized spacial score (nSPS) is 16.9. The number of esters is 2. The zero-order chi connectivity index (χ0) is 30.1. The zero-order valence-corrected chi connectivity index (χ0v) is 21.6. The maximum atomic E-state index is 14.1. The van der Waals surface area contributed by atoms with Gasteiger partial charge in [0.2, 0.25) is 0 Å². The lowest BCUT2D eigenvalue weighted by molar-refractivity contribution is -0.384. The summed E-state index contributed by atoms with van der Waals surface area (Å²) in [6.07, 6.45) is -5.09. The molecule has 0 radical (unpaired) electrons. The molecule has 2 heterocycles. The SMILES string of the molecule is CCOC(=O)C1=C(C(F)(F)F)NC(C)=C(C(=O)OCCN2C(=O)c3ccccc3C2=O)C1c1cccc([N+](=O)[O-])c1. The summed E-state index contributed by atoms with van der Waals surface area (Å²) in [5, 5.41) is 13.5. The second-order valence-electron chi connectivity index (χ2n) is 8.90. The Labute approximate surface area is 230 Å². The average Bonchev–Trinajstić information content (AvgIpc) is 3.17. The first-order chi connectivity index (χ1) is 19.4. The molecule has 0 saturated carbocycles. The molecular formula is C27H22F3N3O8. The number of nitrogens with one attached hydrogen (secondary N) is 1. The van der Waals surface area contributed by atoms with Gasteiger partial charge in [-0.3, -0.25) is 24.6 Å². The molecular weight excluding hydrogens is 551 g/mol. The van der Waals surface area contributed by atoms with Crippen LogP contribution in [-0.2, 0) is 19.1 Å². The van der Waals surface area contributed by atoms with Crippen molar-refractivity contribution >= 4 is 29.4 Å². The average molecular weight is 573 g/mol. The van der Waals surface area contributed by atoms with Gasteiger partial charge < -0.3 is 14.8 Å². The highest BCUT2D eigenvalue weighted by Gasteiger charge is 2.48. The molecule has 0 spiro atoms. The number of dihydropyridines is 1. The number of nitrogens with zero attached hydrogens (tertiary/aromatic N) is 2. The second-order valence-corrected chi connectivity index (χ2v) is 8.90. The first-order valence-corrected chi connectivity index (χ1v) is 12.2. The van der Waals surface area contributed by atoms with E-state index in [2.05, 4.69) is 5.32 Å². The second kappa shape index (κ2) is 11.2. The van der Waals surface area contributed by atoms with Crippen molar-refractivity contribution in [3.8, 4) is 0 Å². The first-order valence-electron chi connectivity index (χ1n) is 12.2. The number of imide groups is 1. The molecule has 11 nitrogen and oxygen atoms in total. The van der Waals surface area contributed by atoms with Gasteiger partial charge in [0.15, 0.2) is 0 Å². The lowest BCUT2D eigenvalue weighted by atomic mass is 9.80. The van der Waals surface area contributed by atoms with Crippen molar-refractivity contribution in [2.45, 2.75) is 25.9 Å². The number of halogens is 3. The Hall–Kier alpha value is -5.01. The van der Waals surface area contributed by atoms with Gasteiger partial charge in [-0.05, 0) is 31.5 Å². The number of nitro groups is 1. The van der Waals surface area contributed by atoms with Crippen LogP contribution in [0.3, 0.4) is 0 Å². The predicted molar refractivity (Wildman–Crippen MR) is 134 cm³/mol. The Bertz CT molecular complexity index is 1490. The van der Waals surface area contributed by atoms with Crippen LogP contribution >= 0.6 is 0 Å². The summed E-state index contributed by atoms with van der Waals surface area (Å²) in [5.41, 5.74) is -3.56. The molecule has 1 atom stereocenters. The van der Waals surface area contributed by atoms with Crippen molar-refractivity contribution in [2.75, 3.05) is 19.8 Å². The number of benzene rings is 2. The Balaban J connectivity index is 1.69. The van der Waals surface area contributed by atoms with Gasteiger partial charge in [0, 0.05) is 17.8 Å². The summed E-state index contributed by atoms with van der Waals surface area (Å²) in [6, 6.07) is 10.6. The minimum Gasteiger partial charge on any atom is -0.463 e. The first kappa shape index (κ1) is 29.0. The fourth-order valence-electron chi connectivity index (χ4n) is 4.65. The summed E-state index contributed by atoms with van der Waals surface area (Å²) in [5.74, 6) is -5.54. The van der Waals surface area contributed by atoms with E-state index in [1.807, 2.05) is 0 Å². The van der Waals surface area contributed by atoms with Gasteiger partial charge in [0.05, 0.1) is 46.3 Å². The van der Waals surface area contributed by atoms with Gasteiger partial charge in [0.25, 0.3) is 17.5 Å². The number of hydrogen-bond donors (Lipinski definition) is 1. The standard InChI is InChI=1S/C27H22F3N3O8/c1-3-40-26(37)21-20(15-7-6-8-16(13-15)33(38)39)19(14(2)31-22(21)27(28,29)30)25(36)41-12-11-32-23(34)17-9-4-5-10-18(17)24(32)35/h4-10,13,20,31H,3,11-12H2,1-2H3. The van der Waals surface area contributed by atoms with Gasteiger partial charge in [-0.25, -0.2) is 9.59 Å². The predicted octanol–water partition coefficient (Wildman–Crippen LogP) is 3.77. The smallest absolute Gasteiger partial charge is 0.431 e. The molecule has 214 valence electrons. The van der Waals surface area contributed by atoms with Crippen molar-refractivity contribution in [3.63, 3.8) is 0 Å². The number of allylic oxidation sites excluding steroid dienone is 2. The highest BCUT2D eigenvalue weighted by atomic mass is 19.4. The van der Waals surface area contributed by atoms with Crippen LogP contribution in [0.5, 0.6) is 0 Å². The third-order valence-corrected chi connectivity index (χ3v) is 6.40. The zero-order valence-electron chi connectivity index (χ0n) is 21.6. The molecule has 41 heavy (non-hydrogen) atoms. The summed E-state index contributed by atoms with van der Waals surface area (Å²) in [4.78, 5) is 62.9. The summed E-state index contributed by atoms with van der Waals surface area (Å²) >= 11 is 0. The van der Waals surface area contributed by atoms with Gasteiger partial charge in [-0.15, -0.1) is 0 Å². The third-order valence-electron chi connectivity index (χ3n) is 6.40. The minimum absolute atomic E-state index is 0.169. The van der Waals surface area contributed by atoms with Crippen LogP contribution in [0.2, 0.25) is 0 Å². The van der Waals surface area contributed by atoms with E-state index in [-0.39, 0.29) is 35.5 Å². The fourth-order valence-corrected chi connectivity index (χ4v) is 4.65. The molecule has 0 aromatic heterocycles. The molecule has 2 aliphatic heterocycles. The maximum absolute atomic E-state index is 14.1. The van der Waals surface area contributed by atoms with Gasteiger partial charge >= 0.3 is 18.1 Å². The van der Waals surface area contributed by atoms with Crippen LogP contribution in [0.25, 0.3) is 0 Å². The van der Waals surface area contributed by atoms with Crippen molar-refractivity contribution in [1.82, 2.24) is 10.2 Å². The molecule has 14 heteroatoms. The van der Waals surface area contributed by atoms with Crippen molar-refractivity contribution in [1.29, 1.82) is 0 Å². The number of rotatable bonds is 8. The van der Waals surface area contributed by atoms with Crippen LogP contribution in [0, 0.1) is 10.1 Å². The van der Waals surface area contributed by atoms with Gasteiger partial charge in [-0.2, -0.15) is 13.2 Å². The Morgan fingerprint density at radius 3 is 2.17 bits per heavy atom. The molecule has 1 unspecified atom stereocenters. The lowest BCUT2D eigenvalue weighted by Gasteiger charge is -2.32. The van der Waals surface area contributed by atoms with Crippen molar-refractivity contribution in [2.24, 2.45) is 0 Å². The highest BCUT2D eigenvalue weighted by Crippen LogP contribution is 2.44. The summed E-state index contributed by atoms with van der Waals surface area (Å²) in [7, 11) is 0. The monoisotopic (exact) mass is 573 g/mol. The van der Waals surface area contributed by atoms with E-state index in [0.717, 1.165) is 24.0 Å². The number of non-ortho nitro benzene ring substituents is 1. The van der Waals surface area contributed by atoms with E-state index in [4.69, 9.17) is 9.47 Å². The summed E-state index contributed by atoms with van der Waals surface area (Å²) in [6.45, 7) is 1.36. The Morgan fingerprint density at radius 1 is 1.00 bits per heavy atom. The van der Waals surface area contributed by atoms with E-state index < -0.39 is 69.9 Å². The number of amides is 2. The molecule has 2 aliphatic rings.